The highest BCUT2D eigenvalue weighted by atomic mass is 32.2. The first-order valence-corrected chi connectivity index (χ1v) is 8.30. The summed E-state index contributed by atoms with van der Waals surface area (Å²) in [5.74, 6) is -1.57. The first-order valence-electron chi connectivity index (χ1n) is 7.07. The van der Waals surface area contributed by atoms with E-state index in [0.29, 0.717) is 5.56 Å². The molecule has 1 heterocycles. The highest BCUT2D eigenvalue weighted by Gasteiger charge is 2.33. The van der Waals surface area contributed by atoms with Gasteiger partial charge in [0.1, 0.15) is 11.6 Å². The van der Waals surface area contributed by atoms with Crippen LogP contribution in [0, 0.1) is 5.82 Å². The molecule has 126 valence electrons. The lowest BCUT2D eigenvalue weighted by molar-refractivity contribution is -0.123. The summed E-state index contributed by atoms with van der Waals surface area (Å²) in [4.78, 5) is 24.9. The number of carbonyl (C=O) groups is 2. The van der Waals surface area contributed by atoms with Gasteiger partial charge in [-0.2, -0.15) is 5.01 Å². The van der Waals surface area contributed by atoms with Crippen LogP contribution in [-0.2, 0) is 4.79 Å². The standard InChI is InChI=1S/C17H11FN2O3S2/c18-12-5-1-3-10(7-12)8-14-16(23)20(17(24)25-14)19-15(22)11-4-2-6-13(21)9-11/h1-9,21H,(H,19,22)/b14-8-. The van der Waals surface area contributed by atoms with E-state index in [4.69, 9.17) is 12.2 Å². The van der Waals surface area contributed by atoms with Crippen molar-refractivity contribution >= 4 is 46.2 Å². The number of rotatable bonds is 3. The molecule has 2 amide bonds. The second kappa shape index (κ2) is 7.04. The van der Waals surface area contributed by atoms with E-state index in [9.17, 15) is 19.1 Å². The molecule has 1 fully saturated rings. The number of nitrogens with one attached hydrogen (secondary N) is 1. The molecule has 25 heavy (non-hydrogen) atoms. The average molecular weight is 374 g/mol. The Morgan fingerprint density at radius 1 is 1.24 bits per heavy atom. The van der Waals surface area contributed by atoms with Gasteiger partial charge in [0.05, 0.1) is 4.91 Å². The second-order valence-corrected chi connectivity index (χ2v) is 6.74. The Morgan fingerprint density at radius 2 is 2.00 bits per heavy atom. The zero-order chi connectivity index (χ0) is 18.0. The molecular weight excluding hydrogens is 363 g/mol. The Balaban J connectivity index is 1.78. The van der Waals surface area contributed by atoms with Gasteiger partial charge < -0.3 is 5.11 Å². The maximum Gasteiger partial charge on any atom is 0.285 e. The molecule has 1 aliphatic heterocycles. The summed E-state index contributed by atoms with van der Waals surface area (Å²) in [6.07, 6.45) is 1.50. The molecule has 2 aromatic carbocycles. The molecule has 2 N–H and O–H groups in total. The molecule has 0 spiro atoms. The number of carbonyl (C=O) groups excluding carboxylic acids is 2. The van der Waals surface area contributed by atoms with E-state index in [1.807, 2.05) is 0 Å². The molecule has 0 aromatic heterocycles. The van der Waals surface area contributed by atoms with Gasteiger partial charge in [-0.15, -0.1) is 0 Å². The molecule has 0 atom stereocenters. The molecule has 5 nitrogen and oxygen atoms in total. The van der Waals surface area contributed by atoms with Crippen molar-refractivity contribution in [1.82, 2.24) is 10.4 Å². The number of phenolic OH excluding ortho intramolecular Hbond substituents is 1. The number of phenols is 1. The van der Waals surface area contributed by atoms with Gasteiger partial charge in [0.25, 0.3) is 11.8 Å². The third kappa shape index (κ3) is 3.86. The van der Waals surface area contributed by atoms with Crippen LogP contribution in [0.25, 0.3) is 6.08 Å². The van der Waals surface area contributed by atoms with Crippen LogP contribution in [0.5, 0.6) is 5.75 Å². The van der Waals surface area contributed by atoms with Crippen LogP contribution < -0.4 is 5.43 Å². The van der Waals surface area contributed by atoms with Crippen molar-refractivity contribution in [3.05, 3.63) is 70.4 Å². The SMILES string of the molecule is O=C(NN1C(=O)/C(=C/c2cccc(F)c2)SC1=S)c1cccc(O)c1. The maximum atomic E-state index is 13.2. The van der Waals surface area contributed by atoms with Crippen LogP contribution in [0.15, 0.2) is 53.4 Å². The number of hydrogen-bond acceptors (Lipinski definition) is 5. The second-order valence-electron chi connectivity index (χ2n) is 5.06. The number of thiocarbonyl (C=S) groups is 1. The number of hydrogen-bond donors (Lipinski definition) is 2. The largest absolute Gasteiger partial charge is 0.508 e. The Hall–Kier alpha value is -2.71. The highest BCUT2D eigenvalue weighted by Crippen LogP contribution is 2.31. The third-order valence-electron chi connectivity index (χ3n) is 3.26. The van der Waals surface area contributed by atoms with E-state index in [2.05, 4.69) is 5.43 Å². The van der Waals surface area contributed by atoms with Crippen molar-refractivity contribution in [2.45, 2.75) is 0 Å². The van der Waals surface area contributed by atoms with E-state index in [1.54, 1.807) is 6.07 Å². The van der Waals surface area contributed by atoms with Crippen LogP contribution in [-0.4, -0.2) is 26.3 Å². The molecule has 0 saturated carbocycles. The number of benzene rings is 2. The topological polar surface area (TPSA) is 69.6 Å². The Bertz CT molecular complexity index is 914. The number of amides is 2. The molecule has 3 rings (SSSR count). The number of nitrogens with zero attached hydrogens (tertiary/aromatic N) is 1. The van der Waals surface area contributed by atoms with E-state index >= 15 is 0 Å². The minimum atomic E-state index is -0.584. The molecule has 1 aliphatic rings. The summed E-state index contributed by atoms with van der Waals surface area (Å²) < 4.78 is 13.4. The fraction of sp³-hybridized carbons (Fsp3) is 0. The monoisotopic (exact) mass is 374 g/mol. The zero-order valence-corrected chi connectivity index (χ0v) is 14.2. The number of halogens is 1. The molecular formula is C17H11FN2O3S2. The zero-order valence-electron chi connectivity index (χ0n) is 12.6. The third-order valence-corrected chi connectivity index (χ3v) is 4.56. The van der Waals surface area contributed by atoms with E-state index in [1.165, 1.54) is 48.5 Å². The van der Waals surface area contributed by atoms with E-state index in [-0.39, 0.29) is 20.5 Å². The summed E-state index contributed by atoms with van der Waals surface area (Å²) in [5.41, 5.74) is 3.10. The lowest BCUT2D eigenvalue weighted by Gasteiger charge is -2.15. The van der Waals surface area contributed by atoms with Gasteiger partial charge in [-0.25, -0.2) is 4.39 Å². The van der Waals surface area contributed by atoms with Crippen molar-refractivity contribution < 1.29 is 19.1 Å². The smallest absolute Gasteiger partial charge is 0.285 e. The normalized spacial score (nSPS) is 15.7. The minimum absolute atomic E-state index is 0.0657. The number of hydrazine groups is 1. The van der Waals surface area contributed by atoms with Gasteiger partial charge in [-0.05, 0) is 54.2 Å². The summed E-state index contributed by atoms with van der Waals surface area (Å²) in [5, 5.41) is 10.4. The first-order chi connectivity index (χ1) is 11.9. The van der Waals surface area contributed by atoms with E-state index < -0.39 is 17.6 Å². The summed E-state index contributed by atoms with van der Waals surface area (Å²) >= 11 is 6.12. The summed E-state index contributed by atoms with van der Waals surface area (Å²) in [6, 6.07) is 11.5. The first kappa shape index (κ1) is 17.1. The van der Waals surface area contributed by atoms with Crippen LogP contribution in [0.3, 0.4) is 0 Å². The van der Waals surface area contributed by atoms with Gasteiger partial charge in [-0.3, -0.25) is 15.0 Å². The quantitative estimate of drug-likeness (QED) is 0.638. The van der Waals surface area contributed by atoms with Crippen LogP contribution in [0.1, 0.15) is 15.9 Å². The Kier molecular flexibility index (Phi) is 4.82. The van der Waals surface area contributed by atoms with Crippen LogP contribution in [0.2, 0.25) is 0 Å². The minimum Gasteiger partial charge on any atom is -0.508 e. The van der Waals surface area contributed by atoms with Gasteiger partial charge in [0.15, 0.2) is 4.32 Å². The molecule has 8 heteroatoms. The lowest BCUT2D eigenvalue weighted by atomic mass is 10.2. The van der Waals surface area contributed by atoms with Crippen LogP contribution in [0.4, 0.5) is 4.39 Å². The molecule has 0 radical (unpaired) electrons. The Labute approximate surface area is 152 Å². The highest BCUT2D eigenvalue weighted by molar-refractivity contribution is 8.26. The number of thioether (sulfide) groups is 1. The average Bonchev–Trinajstić information content (AvgIpc) is 2.82. The van der Waals surface area contributed by atoms with Gasteiger partial charge in [0, 0.05) is 5.56 Å². The van der Waals surface area contributed by atoms with Crippen molar-refractivity contribution in [1.29, 1.82) is 0 Å². The molecule has 0 aliphatic carbocycles. The van der Waals surface area contributed by atoms with Gasteiger partial charge >= 0.3 is 0 Å². The van der Waals surface area contributed by atoms with Crippen molar-refractivity contribution in [3.8, 4) is 5.75 Å². The van der Waals surface area contributed by atoms with Crippen molar-refractivity contribution in [2.24, 2.45) is 0 Å². The fourth-order valence-corrected chi connectivity index (χ4v) is 3.30. The summed E-state index contributed by atoms with van der Waals surface area (Å²) in [6.45, 7) is 0. The van der Waals surface area contributed by atoms with Crippen molar-refractivity contribution in [2.75, 3.05) is 0 Å². The molecule has 0 unspecified atom stereocenters. The molecule has 1 saturated heterocycles. The predicted molar refractivity (Wildman–Crippen MR) is 97.0 cm³/mol. The number of aromatic hydroxyl groups is 1. The van der Waals surface area contributed by atoms with Crippen molar-refractivity contribution in [3.63, 3.8) is 0 Å². The maximum absolute atomic E-state index is 13.2. The van der Waals surface area contributed by atoms with Gasteiger partial charge in [-0.1, -0.05) is 30.0 Å². The molecule has 0 bridgehead atoms. The van der Waals surface area contributed by atoms with E-state index in [0.717, 1.165) is 16.8 Å². The van der Waals surface area contributed by atoms with Crippen LogP contribution >= 0.6 is 24.0 Å². The molecule has 2 aromatic rings. The lowest BCUT2D eigenvalue weighted by Crippen LogP contribution is -2.44. The van der Waals surface area contributed by atoms with Gasteiger partial charge in [0.2, 0.25) is 0 Å². The fourth-order valence-electron chi connectivity index (χ4n) is 2.13. The Morgan fingerprint density at radius 3 is 2.72 bits per heavy atom. The summed E-state index contributed by atoms with van der Waals surface area (Å²) in [7, 11) is 0. The predicted octanol–water partition coefficient (Wildman–Crippen LogP) is 3.08.